The Balaban J connectivity index is 0.765. The van der Waals surface area contributed by atoms with Crippen LogP contribution in [0.4, 0.5) is 22.1 Å². The Kier molecular flexibility index (Phi) is 11.0. The molecular weight excluding hydrogens is 732 g/mol. The number of nitrogens with one attached hydrogen (secondary N) is 2. The maximum atomic E-state index is 13.1. The van der Waals surface area contributed by atoms with Gasteiger partial charge in [0.2, 0.25) is 5.91 Å². The van der Waals surface area contributed by atoms with E-state index < -0.39 is 6.03 Å². The maximum absolute atomic E-state index is 13.1. The van der Waals surface area contributed by atoms with Crippen LogP contribution in [0.2, 0.25) is 5.02 Å². The van der Waals surface area contributed by atoms with E-state index >= 15 is 0 Å². The van der Waals surface area contributed by atoms with Crippen LogP contribution < -0.4 is 25.3 Å². The molecule has 0 bridgehead atoms. The molecule has 1 aromatic carbocycles. The summed E-state index contributed by atoms with van der Waals surface area (Å²) in [4.78, 5) is 54.8. The Hall–Kier alpha value is -5.33. The zero-order valence-corrected chi connectivity index (χ0v) is 32.4. The van der Waals surface area contributed by atoms with Gasteiger partial charge in [-0.3, -0.25) is 19.8 Å². The Morgan fingerprint density at radius 1 is 0.964 bits per heavy atom. The van der Waals surface area contributed by atoms with Crippen LogP contribution in [0.15, 0.2) is 48.9 Å². The highest BCUT2D eigenvalue weighted by molar-refractivity contribution is 6.32. The third-order valence-corrected chi connectivity index (χ3v) is 12.5. The van der Waals surface area contributed by atoms with E-state index in [1.54, 1.807) is 12.1 Å². The van der Waals surface area contributed by atoms with Crippen molar-refractivity contribution >= 4 is 57.8 Å². The first-order valence-electron chi connectivity index (χ1n) is 19.7. The highest BCUT2D eigenvalue weighted by Crippen LogP contribution is 2.33. The number of hydrogen-bond donors (Lipinski definition) is 2. The number of rotatable bonds is 9. The summed E-state index contributed by atoms with van der Waals surface area (Å²) in [6.07, 6.45) is 11.6. The predicted molar refractivity (Wildman–Crippen MR) is 213 cm³/mol. The van der Waals surface area contributed by atoms with Gasteiger partial charge in [0.1, 0.15) is 23.9 Å². The summed E-state index contributed by atoms with van der Waals surface area (Å²) in [5, 5.41) is 24.8. The third-order valence-electron chi connectivity index (χ3n) is 12.1. The molecule has 6 heterocycles. The zero-order chi connectivity index (χ0) is 38.8. The summed E-state index contributed by atoms with van der Waals surface area (Å²) in [7, 11) is 2.05. The normalized spacial score (nSPS) is 21.5. The lowest BCUT2D eigenvalue weighted by Crippen LogP contribution is -2.50. The van der Waals surface area contributed by atoms with Crippen LogP contribution in [-0.2, 0) is 4.79 Å². The average molecular weight is 779 g/mol. The van der Waals surface area contributed by atoms with Crippen LogP contribution in [0.3, 0.4) is 0 Å². The predicted octanol–water partition coefficient (Wildman–Crippen LogP) is 4.92. The van der Waals surface area contributed by atoms with Crippen molar-refractivity contribution < 1.29 is 14.4 Å². The van der Waals surface area contributed by atoms with E-state index in [1.807, 2.05) is 24.3 Å². The molecule has 1 aliphatic carbocycles. The minimum atomic E-state index is -0.442. The molecule has 15 nitrogen and oxygen atoms in total. The first kappa shape index (κ1) is 37.6. The molecule has 4 aromatic rings. The summed E-state index contributed by atoms with van der Waals surface area (Å²) in [6.45, 7) is 5.23. The molecule has 2 N–H and O–H groups in total. The molecule has 0 spiro atoms. The first-order valence-corrected chi connectivity index (χ1v) is 20.1. The number of anilines is 3. The van der Waals surface area contributed by atoms with Gasteiger partial charge in [0.15, 0.2) is 11.5 Å². The Morgan fingerprint density at radius 2 is 1.75 bits per heavy atom. The van der Waals surface area contributed by atoms with Gasteiger partial charge in [-0.25, -0.2) is 14.8 Å². The summed E-state index contributed by atoms with van der Waals surface area (Å²) in [5.74, 6) is 1.52. The summed E-state index contributed by atoms with van der Waals surface area (Å²) in [6, 6.07) is 13.6. The second-order valence-corrected chi connectivity index (χ2v) is 15.9. The average Bonchev–Trinajstić information content (AvgIpc) is 3.66. The largest absolute Gasteiger partial charge is 0.372 e. The molecule has 1 saturated carbocycles. The smallest absolute Gasteiger partial charge is 0.329 e. The van der Waals surface area contributed by atoms with Crippen molar-refractivity contribution in [3.05, 3.63) is 65.2 Å². The van der Waals surface area contributed by atoms with Crippen LogP contribution in [0, 0.1) is 17.2 Å². The number of likely N-dealkylation sites (tertiary alicyclic amines) is 1. The fourth-order valence-electron chi connectivity index (χ4n) is 8.83. The molecule has 56 heavy (non-hydrogen) atoms. The van der Waals surface area contributed by atoms with E-state index in [4.69, 9.17) is 11.6 Å². The molecule has 4 aliphatic rings. The van der Waals surface area contributed by atoms with Crippen molar-refractivity contribution in [3.8, 4) is 6.07 Å². The number of carbonyl (C=O) groups excluding carboxylic acids is 3. The minimum Gasteiger partial charge on any atom is -0.372 e. The van der Waals surface area contributed by atoms with Gasteiger partial charge in [0.05, 0.1) is 16.0 Å². The molecular formula is C40H47ClN12O3. The molecule has 3 aliphatic heterocycles. The van der Waals surface area contributed by atoms with Gasteiger partial charge in [-0.15, -0.1) is 10.2 Å². The van der Waals surface area contributed by atoms with Crippen molar-refractivity contribution in [3.63, 3.8) is 0 Å². The number of hydrogen-bond acceptors (Lipinski definition) is 11. The van der Waals surface area contributed by atoms with Crippen molar-refractivity contribution in [2.24, 2.45) is 5.92 Å². The highest BCUT2D eigenvalue weighted by Gasteiger charge is 2.31. The van der Waals surface area contributed by atoms with Crippen LogP contribution in [0.25, 0.3) is 11.0 Å². The number of benzene rings is 1. The summed E-state index contributed by atoms with van der Waals surface area (Å²) in [5.41, 5.74) is 2.62. The lowest BCUT2D eigenvalue weighted by atomic mass is 9.90. The molecule has 0 atom stereocenters. The Morgan fingerprint density at radius 3 is 2.45 bits per heavy atom. The van der Waals surface area contributed by atoms with Crippen molar-refractivity contribution in [2.45, 2.75) is 75.9 Å². The fourth-order valence-corrected chi connectivity index (χ4v) is 9.05. The molecule has 8 rings (SSSR count). The van der Waals surface area contributed by atoms with E-state index in [2.05, 4.69) is 69.4 Å². The fraction of sp³-hybridized carbons (Fsp3) is 0.500. The molecule has 4 fully saturated rings. The molecule has 292 valence electrons. The number of urea groups is 1. The number of imide groups is 1. The second-order valence-electron chi connectivity index (χ2n) is 15.5. The second kappa shape index (κ2) is 16.4. The van der Waals surface area contributed by atoms with E-state index in [0.717, 1.165) is 107 Å². The van der Waals surface area contributed by atoms with E-state index in [-0.39, 0.29) is 24.3 Å². The standard InChI is InChI=1S/C40H47ClN12O3/c1-49(31-5-2-27(23-42)33(41)22-31)29-6-3-28(4-7-29)45-39(55)34-8-9-35(48-47-34)51-18-10-26(11-19-51)24-50-16-12-30(13-17-50)52-20-14-32-37(52)43-25-44-38(32)53-21-15-36(54)46-40(53)56/h2,5,8-9,14,20,22,25-26,28-30H,3-4,6-7,10-13,15-19,21,24H2,1H3,(H,45,55)(H,46,54,56). The Labute approximate surface area is 331 Å². The lowest BCUT2D eigenvalue weighted by Gasteiger charge is -2.38. The van der Waals surface area contributed by atoms with Crippen molar-refractivity contribution in [1.82, 2.24) is 40.3 Å². The van der Waals surface area contributed by atoms with E-state index in [1.165, 1.54) is 11.2 Å². The molecule has 16 heteroatoms. The number of nitrogens with zero attached hydrogens (tertiary/aromatic N) is 10. The van der Waals surface area contributed by atoms with Gasteiger partial charge in [0, 0.05) is 82.7 Å². The molecule has 0 radical (unpaired) electrons. The lowest BCUT2D eigenvalue weighted by molar-refractivity contribution is -0.120. The maximum Gasteiger partial charge on any atom is 0.329 e. The van der Waals surface area contributed by atoms with Crippen molar-refractivity contribution in [2.75, 3.05) is 61.0 Å². The number of fused-ring (bicyclic) bond motifs is 1. The summed E-state index contributed by atoms with van der Waals surface area (Å²) < 4.78 is 2.22. The van der Waals surface area contributed by atoms with Gasteiger partial charge < -0.3 is 24.6 Å². The van der Waals surface area contributed by atoms with Gasteiger partial charge in [-0.2, -0.15) is 5.26 Å². The van der Waals surface area contributed by atoms with Gasteiger partial charge >= 0.3 is 6.03 Å². The number of carbonyl (C=O) groups is 3. The monoisotopic (exact) mass is 778 g/mol. The SMILES string of the molecule is CN(c1ccc(C#N)c(Cl)c1)C1CCC(NC(=O)c2ccc(N3CCC(CN4CCC(n5ccc6c(N7CCC(=O)NC7=O)ncnc65)CC4)CC3)nn2)CC1. The number of aromatic nitrogens is 5. The van der Waals surface area contributed by atoms with Crippen LogP contribution in [0.1, 0.15) is 79.9 Å². The van der Waals surface area contributed by atoms with E-state index in [9.17, 15) is 19.6 Å². The topological polar surface area (TPSA) is 169 Å². The first-order chi connectivity index (χ1) is 27.2. The van der Waals surface area contributed by atoms with Gasteiger partial charge in [-0.1, -0.05) is 11.6 Å². The molecule has 3 saturated heterocycles. The minimum absolute atomic E-state index is 0.0878. The van der Waals surface area contributed by atoms with Crippen LogP contribution in [-0.4, -0.2) is 106 Å². The number of amides is 4. The molecule has 4 amide bonds. The molecule has 3 aromatic heterocycles. The van der Waals surface area contributed by atoms with Gasteiger partial charge in [0.25, 0.3) is 5.91 Å². The zero-order valence-electron chi connectivity index (χ0n) is 31.6. The van der Waals surface area contributed by atoms with Gasteiger partial charge in [-0.05, 0) is 93.7 Å². The number of nitriles is 1. The van der Waals surface area contributed by atoms with E-state index in [0.29, 0.717) is 46.6 Å². The third kappa shape index (κ3) is 7.99. The highest BCUT2D eigenvalue weighted by atomic mass is 35.5. The molecule has 0 unspecified atom stereocenters. The van der Waals surface area contributed by atoms with Crippen LogP contribution >= 0.6 is 11.6 Å². The quantitative estimate of drug-likeness (QED) is 0.237. The number of halogens is 1. The Bertz CT molecular complexity index is 2110. The van der Waals surface area contributed by atoms with Crippen molar-refractivity contribution in [1.29, 1.82) is 5.26 Å². The summed E-state index contributed by atoms with van der Waals surface area (Å²) >= 11 is 6.27. The number of piperidine rings is 2. The van der Waals surface area contributed by atoms with Crippen LogP contribution in [0.5, 0.6) is 0 Å².